The highest BCUT2D eigenvalue weighted by molar-refractivity contribution is 9.10. The predicted octanol–water partition coefficient (Wildman–Crippen LogP) is 1.47. The number of nitrogens with zero attached hydrogens (tertiary/aromatic N) is 1. The first kappa shape index (κ1) is 8.07. The maximum atomic E-state index is 5.50. The molecule has 0 aliphatic carbocycles. The Morgan fingerprint density at radius 3 is 3.08 bits per heavy atom. The minimum absolute atomic E-state index is 0.279. The van der Waals surface area contributed by atoms with Crippen LogP contribution >= 0.6 is 27.3 Å². The van der Waals surface area contributed by atoms with Gasteiger partial charge in [0.05, 0.1) is 12.6 Å². The molecule has 12 heavy (non-hydrogen) atoms. The highest BCUT2D eigenvalue weighted by Crippen LogP contribution is 2.26. The van der Waals surface area contributed by atoms with Crippen molar-refractivity contribution in [1.82, 2.24) is 5.32 Å². The van der Waals surface area contributed by atoms with Gasteiger partial charge in [0, 0.05) is 14.7 Å². The molecule has 2 heterocycles. The maximum Gasteiger partial charge on any atom is 0.189 e. The minimum Gasteiger partial charge on any atom is -0.370 e. The summed E-state index contributed by atoms with van der Waals surface area (Å²) in [7, 11) is 0. The first-order valence-corrected chi connectivity index (χ1v) is 5.23. The van der Waals surface area contributed by atoms with Gasteiger partial charge in [-0.05, 0) is 22.0 Å². The zero-order chi connectivity index (χ0) is 8.55. The molecule has 0 bridgehead atoms. The van der Waals surface area contributed by atoms with Crippen LogP contribution in [0.25, 0.3) is 0 Å². The van der Waals surface area contributed by atoms with Crippen LogP contribution in [0, 0.1) is 0 Å². The molecule has 64 valence electrons. The third-order valence-corrected chi connectivity index (χ3v) is 3.50. The fourth-order valence-corrected chi connectivity index (χ4v) is 2.62. The molecule has 5 heteroatoms. The zero-order valence-corrected chi connectivity index (χ0v) is 8.65. The number of guanidine groups is 1. The van der Waals surface area contributed by atoms with Gasteiger partial charge in [0.1, 0.15) is 0 Å². The molecule has 1 aliphatic rings. The van der Waals surface area contributed by atoms with Gasteiger partial charge in [-0.25, -0.2) is 0 Å². The van der Waals surface area contributed by atoms with E-state index in [9.17, 15) is 0 Å². The van der Waals surface area contributed by atoms with E-state index in [4.69, 9.17) is 5.73 Å². The van der Waals surface area contributed by atoms with Crippen LogP contribution in [0.15, 0.2) is 20.9 Å². The smallest absolute Gasteiger partial charge is 0.189 e. The van der Waals surface area contributed by atoms with Gasteiger partial charge < -0.3 is 11.1 Å². The van der Waals surface area contributed by atoms with Crippen LogP contribution in [-0.4, -0.2) is 12.5 Å². The van der Waals surface area contributed by atoms with E-state index < -0.39 is 0 Å². The average molecular weight is 246 g/mol. The molecule has 1 atom stereocenters. The summed E-state index contributed by atoms with van der Waals surface area (Å²) in [5.74, 6) is 0.546. The monoisotopic (exact) mass is 245 g/mol. The molecule has 0 amide bonds. The second-order valence-electron chi connectivity index (χ2n) is 2.59. The lowest BCUT2D eigenvalue weighted by Gasteiger charge is -2.06. The summed E-state index contributed by atoms with van der Waals surface area (Å²) < 4.78 is 1.12. The van der Waals surface area contributed by atoms with Gasteiger partial charge in [-0.2, -0.15) is 0 Å². The van der Waals surface area contributed by atoms with Crippen molar-refractivity contribution in [3.8, 4) is 0 Å². The Bertz CT molecular complexity index is 320. The van der Waals surface area contributed by atoms with Crippen LogP contribution < -0.4 is 11.1 Å². The van der Waals surface area contributed by atoms with Crippen molar-refractivity contribution in [3.63, 3.8) is 0 Å². The van der Waals surface area contributed by atoms with Crippen molar-refractivity contribution >= 4 is 33.2 Å². The first-order chi connectivity index (χ1) is 5.75. The number of halogens is 1. The largest absolute Gasteiger partial charge is 0.370 e. The molecule has 2 rings (SSSR count). The number of hydrogen-bond donors (Lipinski definition) is 2. The predicted molar refractivity (Wildman–Crippen MR) is 54.4 cm³/mol. The van der Waals surface area contributed by atoms with Crippen LogP contribution in [0.2, 0.25) is 0 Å². The zero-order valence-electron chi connectivity index (χ0n) is 6.25. The van der Waals surface area contributed by atoms with Crippen LogP contribution in [-0.2, 0) is 0 Å². The fourth-order valence-electron chi connectivity index (χ4n) is 1.13. The van der Waals surface area contributed by atoms with Gasteiger partial charge in [0.25, 0.3) is 0 Å². The molecule has 1 aromatic rings. The molecule has 0 spiro atoms. The Morgan fingerprint density at radius 1 is 1.75 bits per heavy atom. The minimum atomic E-state index is 0.279. The number of nitrogens with one attached hydrogen (secondary N) is 1. The second-order valence-corrected chi connectivity index (χ2v) is 4.45. The lowest BCUT2D eigenvalue weighted by atomic mass is 10.2. The second kappa shape index (κ2) is 3.06. The molecule has 0 saturated heterocycles. The van der Waals surface area contributed by atoms with Gasteiger partial charge in [0.15, 0.2) is 5.96 Å². The van der Waals surface area contributed by atoms with Crippen molar-refractivity contribution in [1.29, 1.82) is 0 Å². The lowest BCUT2D eigenvalue weighted by Crippen LogP contribution is -2.29. The Kier molecular flexibility index (Phi) is 2.06. The van der Waals surface area contributed by atoms with E-state index in [0.717, 1.165) is 11.0 Å². The molecule has 1 aromatic heterocycles. The quantitative estimate of drug-likeness (QED) is 0.788. The number of thiophene rings is 1. The molecule has 3 N–H and O–H groups in total. The Labute approximate surface area is 82.8 Å². The van der Waals surface area contributed by atoms with Gasteiger partial charge in [0.2, 0.25) is 0 Å². The molecule has 1 unspecified atom stereocenters. The summed E-state index contributed by atoms with van der Waals surface area (Å²) in [5, 5.41) is 5.16. The highest BCUT2D eigenvalue weighted by Gasteiger charge is 2.18. The molecular formula is C7H8BrN3S. The summed E-state index contributed by atoms with van der Waals surface area (Å²) in [4.78, 5) is 5.35. The molecular weight excluding hydrogens is 238 g/mol. The molecule has 0 radical (unpaired) electrons. The third kappa shape index (κ3) is 1.47. The fraction of sp³-hybridized carbons (Fsp3) is 0.286. The number of aliphatic imine (C=N–C) groups is 1. The van der Waals surface area contributed by atoms with Gasteiger partial charge in [-0.3, -0.25) is 4.99 Å². The van der Waals surface area contributed by atoms with E-state index in [1.807, 2.05) is 0 Å². The standard InChI is InChI=1S/C7H8BrN3S/c8-4-1-6(12-3-4)5-2-10-7(9)11-5/h1,3,5H,2H2,(H3,9,10,11). The normalized spacial score (nSPS) is 22.1. The summed E-state index contributed by atoms with van der Waals surface area (Å²) in [5.41, 5.74) is 5.50. The summed E-state index contributed by atoms with van der Waals surface area (Å²) in [6, 6.07) is 2.37. The van der Waals surface area contributed by atoms with E-state index in [2.05, 4.69) is 37.7 Å². The van der Waals surface area contributed by atoms with Crippen molar-refractivity contribution in [2.45, 2.75) is 6.04 Å². The van der Waals surface area contributed by atoms with Crippen molar-refractivity contribution in [2.24, 2.45) is 10.7 Å². The van der Waals surface area contributed by atoms with Crippen molar-refractivity contribution < 1.29 is 0 Å². The molecule has 0 fully saturated rings. The number of rotatable bonds is 1. The number of nitrogens with two attached hydrogens (primary N) is 1. The highest BCUT2D eigenvalue weighted by atomic mass is 79.9. The Hall–Kier alpha value is -0.550. The summed E-state index contributed by atoms with van der Waals surface area (Å²) >= 11 is 5.12. The molecule has 3 nitrogen and oxygen atoms in total. The maximum absolute atomic E-state index is 5.50. The lowest BCUT2D eigenvalue weighted by molar-refractivity contribution is 0.721. The van der Waals surface area contributed by atoms with Crippen molar-refractivity contribution in [3.05, 3.63) is 20.8 Å². The molecule has 0 aromatic carbocycles. The van der Waals surface area contributed by atoms with E-state index in [1.165, 1.54) is 4.88 Å². The van der Waals surface area contributed by atoms with Gasteiger partial charge in [-0.15, -0.1) is 11.3 Å². The van der Waals surface area contributed by atoms with Crippen LogP contribution in [0.1, 0.15) is 10.9 Å². The van der Waals surface area contributed by atoms with Crippen LogP contribution in [0.3, 0.4) is 0 Å². The van der Waals surface area contributed by atoms with E-state index in [0.29, 0.717) is 5.96 Å². The van der Waals surface area contributed by atoms with Gasteiger partial charge >= 0.3 is 0 Å². The van der Waals surface area contributed by atoms with Crippen LogP contribution in [0.4, 0.5) is 0 Å². The van der Waals surface area contributed by atoms with E-state index >= 15 is 0 Å². The van der Waals surface area contributed by atoms with Gasteiger partial charge in [-0.1, -0.05) is 0 Å². The summed E-state index contributed by atoms with van der Waals surface area (Å²) in [6.45, 7) is 0.749. The molecule has 0 saturated carbocycles. The number of hydrogen-bond acceptors (Lipinski definition) is 4. The van der Waals surface area contributed by atoms with Crippen molar-refractivity contribution in [2.75, 3.05) is 6.54 Å². The van der Waals surface area contributed by atoms with E-state index in [1.54, 1.807) is 11.3 Å². The van der Waals surface area contributed by atoms with E-state index in [-0.39, 0.29) is 6.04 Å². The third-order valence-electron chi connectivity index (χ3n) is 1.70. The van der Waals surface area contributed by atoms with Crippen LogP contribution in [0.5, 0.6) is 0 Å². The Balaban J connectivity index is 2.13. The first-order valence-electron chi connectivity index (χ1n) is 3.56. The topological polar surface area (TPSA) is 50.4 Å². The summed E-state index contributed by atoms with van der Waals surface area (Å²) in [6.07, 6.45) is 0. The molecule has 1 aliphatic heterocycles. The average Bonchev–Trinajstić information content (AvgIpc) is 2.58. The Morgan fingerprint density at radius 2 is 2.58 bits per heavy atom. The SMILES string of the molecule is NC1=NCC(c2cc(Br)cs2)N1.